The number of pyridine rings is 1. The molecule has 0 bridgehead atoms. The Kier molecular flexibility index (Phi) is 4.97. The Morgan fingerprint density at radius 3 is 2.67 bits per heavy atom. The van der Waals surface area contributed by atoms with Crippen molar-refractivity contribution in [3.8, 4) is 5.75 Å². The van der Waals surface area contributed by atoms with Crippen LogP contribution in [0, 0.1) is 20.8 Å². The molecule has 1 aromatic heterocycles. The van der Waals surface area contributed by atoms with E-state index in [0.29, 0.717) is 6.04 Å². The number of nitrogens with one attached hydrogen (secondary N) is 1. The molecule has 2 aromatic rings. The molecule has 112 valence electrons. The van der Waals surface area contributed by atoms with Gasteiger partial charge in [-0.25, -0.2) is 0 Å². The van der Waals surface area contributed by atoms with Crippen LogP contribution in [0.25, 0.3) is 0 Å². The van der Waals surface area contributed by atoms with Gasteiger partial charge in [-0.2, -0.15) is 0 Å². The fraction of sp³-hybridized carbons (Fsp3) is 0.389. The Labute approximate surface area is 127 Å². The average molecular weight is 284 g/mol. The standard InChI is InChI=1S/C18H24N2O/c1-12-7-6-8-16(9-12)15(4)19-11-17-14(3)18(21-5)13(2)10-20-17/h6-10,15,19H,11H2,1-5H3/t15-/m1/s1. The summed E-state index contributed by atoms with van der Waals surface area (Å²) in [6.07, 6.45) is 1.88. The van der Waals surface area contributed by atoms with E-state index in [0.717, 1.165) is 29.1 Å². The molecule has 1 N–H and O–H groups in total. The summed E-state index contributed by atoms with van der Waals surface area (Å²) >= 11 is 0. The van der Waals surface area contributed by atoms with Crippen LogP contribution >= 0.6 is 0 Å². The minimum absolute atomic E-state index is 0.290. The highest BCUT2D eigenvalue weighted by Crippen LogP contribution is 2.24. The van der Waals surface area contributed by atoms with Gasteiger partial charge >= 0.3 is 0 Å². The molecule has 0 aliphatic heterocycles. The summed E-state index contributed by atoms with van der Waals surface area (Å²) in [5, 5.41) is 3.54. The van der Waals surface area contributed by atoms with Gasteiger partial charge in [0.05, 0.1) is 12.8 Å². The summed E-state index contributed by atoms with van der Waals surface area (Å²) < 4.78 is 5.46. The smallest absolute Gasteiger partial charge is 0.128 e. The molecule has 0 saturated heterocycles. The maximum Gasteiger partial charge on any atom is 0.128 e. The first-order valence-corrected chi connectivity index (χ1v) is 7.32. The third kappa shape index (κ3) is 3.61. The van der Waals surface area contributed by atoms with Crippen molar-refractivity contribution in [2.45, 2.75) is 40.3 Å². The predicted molar refractivity (Wildman–Crippen MR) is 86.7 cm³/mol. The molecule has 21 heavy (non-hydrogen) atoms. The predicted octanol–water partition coefficient (Wildman–Crippen LogP) is 3.87. The SMILES string of the molecule is COc1c(C)cnc(CN[C@H](C)c2cccc(C)c2)c1C. The first-order chi connectivity index (χ1) is 10.0. The lowest BCUT2D eigenvalue weighted by Crippen LogP contribution is -2.19. The van der Waals surface area contributed by atoms with Crippen molar-refractivity contribution < 1.29 is 4.74 Å². The number of aromatic nitrogens is 1. The van der Waals surface area contributed by atoms with Crippen molar-refractivity contribution in [3.63, 3.8) is 0 Å². The highest BCUT2D eigenvalue weighted by Gasteiger charge is 2.11. The van der Waals surface area contributed by atoms with Crippen molar-refractivity contribution in [1.82, 2.24) is 10.3 Å². The van der Waals surface area contributed by atoms with Gasteiger partial charge in [0.1, 0.15) is 5.75 Å². The molecule has 0 unspecified atom stereocenters. The zero-order valence-electron chi connectivity index (χ0n) is 13.5. The minimum Gasteiger partial charge on any atom is -0.496 e. The number of ether oxygens (including phenoxy) is 1. The Morgan fingerprint density at radius 2 is 2.00 bits per heavy atom. The number of rotatable bonds is 5. The quantitative estimate of drug-likeness (QED) is 0.905. The largest absolute Gasteiger partial charge is 0.496 e. The molecule has 3 heteroatoms. The lowest BCUT2D eigenvalue weighted by molar-refractivity contribution is 0.406. The van der Waals surface area contributed by atoms with Crippen LogP contribution in [0.1, 0.15) is 40.9 Å². The summed E-state index contributed by atoms with van der Waals surface area (Å²) in [4.78, 5) is 4.53. The third-order valence-corrected chi connectivity index (χ3v) is 3.87. The molecule has 0 aliphatic carbocycles. The van der Waals surface area contributed by atoms with Crippen LogP contribution in [-0.4, -0.2) is 12.1 Å². The summed E-state index contributed by atoms with van der Waals surface area (Å²) in [6.45, 7) is 9.11. The molecule has 0 amide bonds. The molecule has 0 fully saturated rings. The topological polar surface area (TPSA) is 34.1 Å². The third-order valence-electron chi connectivity index (χ3n) is 3.87. The Bertz CT molecular complexity index is 623. The summed E-state index contributed by atoms with van der Waals surface area (Å²) in [7, 11) is 1.71. The maximum absolute atomic E-state index is 5.46. The molecule has 0 aliphatic rings. The average Bonchev–Trinajstić information content (AvgIpc) is 2.46. The summed E-state index contributed by atoms with van der Waals surface area (Å²) in [5.74, 6) is 0.935. The van der Waals surface area contributed by atoms with E-state index in [1.165, 1.54) is 11.1 Å². The molecule has 1 atom stereocenters. The number of hydrogen-bond donors (Lipinski definition) is 1. The lowest BCUT2D eigenvalue weighted by atomic mass is 10.1. The van der Waals surface area contributed by atoms with Crippen molar-refractivity contribution in [2.24, 2.45) is 0 Å². The van der Waals surface area contributed by atoms with E-state index in [9.17, 15) is 0 Å². The van der Waals surface area contributed by atoms with Crippen molar-refractivity contribution in [3.05, 3.63) is 58.4 Å². The number of methoxy groups -OCH3 is 1. The Balaban J connectivity index is 2.10. The molecular formula is C18H24N2O. The Morgan fingerprint density at radius 1 is 1.24 bits per heavy atom. The molecule has 3 nitrogen and oxygen atoms in total. The van der Waals surface area contributed by atoms with Gasteiger partial charge in [0.25, 0.3) is 0 Å². The molecular weight excluding hydrogens is 260 g/mol. The normalized spacial score (nSPS) is 12.2. The van der Waals surface area contributed by atoms with Crippen LogP contribution in [0.2, 0.25) is 0 Å². The molecule has 1 heterocycles. The zero-order chi connectivity index (χ0) is 15.4. The second kappa shape index (κ2) is 6.72. The fourth-order valence-electron chi connectivity index (χ4n) is 2.56. The van der Waals surface area contributed by atoms with Gasteiger partial charge in [-0.3, -0.25) is 4.98 Å². The van der Waals surface area contributed by atoms with Crippen LogP contribution < -0.4 is 10.1 Å². The lowest BCUT2D eigenvalue weighted by Gasteiger charge is -2.17. The van der Waals surface area contributed by atoms with Gasteiger partial charge in [-0.15, -0.1) is 0 Å². The van der Waals surface area contributed by atoms with E-state index in [-0.39, 0.29) is 0 Å². The van der Waals surface area contributed by atoms with Crippen LogP contribution in [0.4, 0.5) is 0 Å². The summed E-state index contributed by atoms with van der Waals surface area (Å²) in [6, 6.07) is 8.88. The van der Waals surface area contributed by atoms with Crippen LogP contribution in [0.3, 0.4) is 0 Å². The highest BCUT2D eigenvalue weighted by atomic mass is 16.5. The molecule has 1 aromatic carbocycles. The van der Waals surface area contributed by atoms with Crippen molar-refractivity contribution in [2.75, 3.05) is 7.11 Å². The molecule has 0 spiro atoms. The van der Waals surface area contributed by atoms with Gasteiger partial charge < -0.3 is 10.1 Å². The maximum atomic E-state index is 5.46. The van der Waals surface area contributed by atoms with Gasteiger partial charge in [0.15, 0.2) is 0 Å². The van der Waals surface area contributed by atoms with Gasteiger partial charge in [-0.05, 0) is 33.3 Å². The number of hydrogen-bond acceptors (Lipinski definition) is 3. The zero-order valence-corrected chi connectivity index (χ0v) is 13.5. The fourth-order valence-corrected chi connectivity index (χ4v) is 2.56. The van der Waals surface area contributed by atoms with E-state index < -0.39 is 0 Å². The second-order valence-electron chi connectivity index (χ2n) is 5.56. The van der Waals surface area contributed by atoms with E-state index in [1.807, 2.05) is 13.1 Å². The van der Waals surface area contributed by atoms with Gasteiger partial charge in [-0.1, -0.05) is 29.8 Å². The highest BCUT2D eigenvalue weighted by molar-refractivity contribution is 5.41. The van der Waals surface area contributed by atoms with E-state index in [4.69, 9.17) is 4.74 Å². The monoisotopic (exact) mass is 284 g/mol. The van der Waals surface area contributed by atoms with Crippen LogP contribution in [0.5, 0.6) is 5.75 Å². The van der Waals surface area contributed by atoms with Crippen LogP contribution in [-0.2, 0) is 6.54 Å². The number of benzene rings is 1. The van der Waals surface area contributed by atoms with Crippen molar-refractivity contribution >= 4 is 0 Å². The van der Waals surface area contributed by atoms with Crippen LogP contribution in [0.15, 0.2) is 30.5 Å². The minimum atomic E-state index is 0.290. The molecule has 2 rings (SSSR count). The summed E-state index contributed by atoms with van der Waals surface area (Å²) in [5.41, 5.74) is 5.81. The first-order valence-electron chi connectivity index (χ1n) is 7.32. The van der Waals surface area contributed by atoms with Gasteiger partial charge in [0.2, 0.25) is 0 Å². The Hall–Kier alpha value is -1.87. The second-order valence-corrected chi connectivity index (χ2v) is 5.56. The van der Waals surface area contributed by atoms with Crippen molar-refractivity contribution in [1.29, 1.82) is 0 Å². The molecule has 0 radical (unpaired) electrons. The number of aryl methyl sites for hydroxylation is 2. The van der Waals surface area contributed by atoms with E-state index in [2.05, 4.69) is 55.3 Å². The first kappa shape index (κ1) is 15.5. The number of nitrogens with zero attached hydrogens (tertiary/aromatic N) is 1. The van der Waals surface area contributed by atoms with E-state index in [1.54, 1.807) is 7.11 Å². The molecule has 0 saturated carbocycles. The van der Waals surface area contributed by atoms with E-state index >= 15 is 0 Å². The van der Waals surface area contributed by atoms with Gasteiger partial charge in [0, 0.05) is 29.9 Å².